The van der Waals surface area contributed by atoms with Gasteiger partial charge in [-0.3, -0.25) is 9.80 Å². The molecule has 1 fully saturated rings. The molecule has 2 atom stereocenters. The molecule has 1 aliphatic rings. The number of aliphatic hydroxyl groups is 1. The minimum absolute atomic E-state index is 0.0921. The monoisotopic (exact) mass is 530 g/mol. The highest BCUT2D eigenvalue weighted by Crippen LogP contribution is 2.57. The van der Waals surface area contributed by atoms with Crippen LogP contribution in [0.2, 0.25) is 10.0 Å². The second-order valence-corrected chi connectivity index (χ2v) is 9.01. The number of urea groups is 1. The molecule has 0 saturated carbocycles. The molecule has 0 bridgehead atoms. The average Bonchev–Trinajstić information content (AvgIpc) is 3.03. The Morgan fingerprint density at radius 2 is 1.47 bits per heavy atom. The molecule has 3 aromatic carbocycles. The summed E-state index contributed by atoms with van der Waals surface area (Å²) < 4.78 is 45.2. The van der Waals surface area contributed by atoms with Crippen molar-refractivity contribution in [3.05, 3.63) is 99.3 Å². The summed E-state index contributed by atoms with van der Waals surface area (Å²) in [6.45, 7) is 8.02. The Balaban J connectivity index is 2.13. The third-order valence-corrected chi connectivity index (χ3v) is 6.64. The van der Waals surface area contributed by atoms with Crippen LogP contribution in [0.25, 0.3) is 4.85 Å². The molecule has 182 valence electrons. The Hall–Kier alpha value is -3.76. The van der Waals surface area contributed by atoms with Gasteiger partial charge >= 0.3 is 12.2 Å². The largest absolute Gasteiger partial charge is 0.416 e. The summed E-state index contributed by atoms with van der Waals surface area (Å²) in [5, 5.41) is 22.1. The molecule has 3 aromatic rings. The minimum atomic E-state index is -5.21. The molecule has 2 unspecified atom stereocenters. The van der Waals surface area contributed by atoms with Gasteiger partial charge in [0.2, 0.25) is 5.72 Å². The SMILES string of the molecule is [C-]#[N+]c1cc(C#N)cc(C2(O)N(c3ccc(Cl)cc3)C(=O)N(c3ccc(Cl)cc3)C2(C)C(F)(F)F)c1. The molecule has 6 nitrogen and oxygen atoms in total. The summed E-state index contributed by atoms with van der Waals surface area (Å²) in [7, 11) is 0. The number of nitriles is 1. The molecule has 1 saturated heterocycles. The average molecular weight is 531 g/mol. The molecule has 4 rings (SSSR count). The van der Waals surface area contributed by atoms with Crippen molar-refractivity contribution < 1.29 is 23.1 Å². The molecular weight excluding hydrogens is 516 g/mol. The fraction of sp³-hybridized carbons (Fsp3) is 0.160. The Labute approximate surface area is 214 Å². The van der Waals surface area contributed by atoms with Crippen LogP contribution in [-0.4, -0.2) is 22.9 Å². The third-order valence-electron chi connectivity index (χ3n) is 6.13. The summed E-state index contributed by atoms with van der Waals surface area (Å²) in [4.78, 5) is 18.1. The molecule has 0 spiro atoms. The molecule has 36 heavy (non-hydrogen) atoms. The van der Waals surface area contributed by atoms with Crippen LogP contribution in [0, 0.1) is 17.9 Å². The molecule has 0 aliphatic carbocycles. The van der Waals surface area contributed by atoms with Crippen molar-refractivity contribution in [1.29, 1.82) is 5.26 Å². The van der Waals surface area contributed by atoms with Crippen LogP contribution in [0.3, 0.4) is 0 Å². The second-order valence-electron chi connectivity index (χ2n) is 8.14. The van der Waals surface area contributed by atoms with Crippen molar-refractivity contribution in [2.24, 2.45) is 0 Å². The van der Waals surface area contributed by atoms with E-state index >= 15 is 13.2 Å². The van der Waals surface area contributed by atoms with Gasteiger partial charge in [0, 0.05) is 27.0 Å². The Morgan fingerprint density at radius 1 is 0.972 bits per heavy atom. The van der Waals surface area contributed by atoms with Gasteiger partial charge in [-0.15, -0.1) is 0 Å². The van der Waals surface area contributed by atoms with Gasteiger partial charge in [0.25, 0.3) is 0 Å². The van der Waals surface area contributed by atoms with E-state index < -0.39 is 29.0 Å². The van der Waals surface area contributed by atoms with Crippen LogP contribution in [0.1, 0.15) is 18.1 Å². The number of nitrogens with zero attached hydrogens (tertiary/aromatic N) is 4. The molecular formula is C25H15Cl2F3N4O2. The van der Waals surface area contributed by atoms with E-state index in [0.717, 1.165) is 12.1 Å². The zero-order chi connectivity index (χ0) is 26.5. The van der Waals surface area contributed by atoms with E-state index in [-0.39, 0.29) is 32.7 Å². The van der Waals surface area contributed by atoms with Crippen LogP contribution < -0.4 is 9.80 Å². The van der Waals surface area contributed by atoms with Gasteiger partial charge in [-0.25, -0.2) is 9.64 Å². The highest BCUT2D eigenvalue weighted by atomic mass is 35.5. The topological polar surface area (TPSA) is 71.9 Å². The molecule has 11 heteroatoms. The van der Waals surface area contributed by atoms with Gasteiger partial charge in [-0.2, -0.15) is 18.4 Å². The number of anilines is 2. The number of benzene rings is 3. The van der Waals surface area contributed by atoms with Crippen LogP contribution in [0.4, 0.5) is 35.0 Å². The quantitative estimate of drug-likeness (QED) is 0.369. The summed E-state index contributed by atoms with van der Waals surface area (Å²) >= 11 is 11.9. The first kappa shape index (κ1) is 25.3. The van der Waals surface area contributed by atoms with Crippen LogP contribution in [-0.2, 0) is 5.72 Å². The maximum Gasteiger partial charge on any atom is 0.416 e. The predicted octanol–water partition coefficient (Wildman–Crippen LogP) is 7.03. The second kappa shape index (κ2) is 8.72. The van der Waals surface area contributed by atoms with E-state index in [4.69, 9.17) is 29.8 Å². The van der Waals surface area contributed by atoms with Gasteiger partial charge in [0.05, 0.1) is 12.6 Å². The van der Waals surface area contributed by atoms with Crippen molar-refractivity contribution in [3.8, 4) is 6.07 Å². The van der Waals surface area contributed by atoms with E-state index in [1.165, 1.54) is 54.6 Å². The predicted molar refractivity (Wildman–Crippen MR) is 129 cm³/mol. The number of carbonyl (C=O) groups excluding carboxylic acids is 1. The number of halogens is 5. The Bertz CT molecular complexity index is 1400. The van der Waals surface area contributed by atoms with Crippen molar-refractivity contribution in [1.82, 2.24) is 0 Å². The number of rotatable bonds is 3. The normalized spacial score (nSPS) is 21.9. The highest BCUT2D eigenvalue weighted by Gasteiger charge is 2.77. The molecule has 2 amide bonds. The van der Waals surface area contributed by atoms with E-state index in [9.17, 15) is 15.2 Å². The van der Waals surface area contributed by atoms with Crippen LogP contribution in [0.15, 0.2) is 66.7 Å². The van der Waals surface area contributed by atoms with Crippen LogP contribution in [0.5, 0.6) is 0 Å². The fourth-order valence-corrected chi connectivity index (χ4v) is 4.58. The first-order valence-corrected chi connectivity index (χ1v) is 11.0. The number of carbonyl (C=O) groups is 1. The highest BCUT2D eigenvalue weighted by molar-refractivity contribution is 6.31. The summed E-state index contributed by atoms with van der Waals surface area (Å²) in [5.41, 5.74) is -7.50. The summed E-state index contributed by atoms with van der Waals surface area (Å²) in [6.07, 6.45) is -5.21. The van der Waals surface area contributed by atoms with Crippen LogP contribution >= 0.6 is 23.2 Å². The van der Waals surface area contributed by atoms with Crippen molar-refractivity contribution in [3.63, 3.8) is 0 Å². The lowest BCUT2D eigenvalue weighted by atomic mass is 9.80. The molecule has 1 aliphatic heterocycles. The molecule has 0 aromatic heterocycles. The van der Waals surface area contributed by atoms with Gasteiger partial charge in [0.15, 0.2) is 11.2 Å². The maximum absolute atomic E-state index is 15.1. The number of hydrogen-bond donors (Lipinski definition) is 1. The third kappa shape index (κ3) is 3.64. The lowest BCUT2D eigenvalue weighted by Crippen LogP contribution is -2.66. The van der Waals surface area contributed by atoms with E-state index in [2.05, 4.69) is 4.85 Å². The maximum atomic E-state index is 15.1. The lowest BCUT2D eigenvalue weighted by molar-refractivity contribution is -0.227. The standard InChI is InChI=1S/C25H15Cl2F3N4O2/c1-23(25(28,29)30)24(36,16-11-15(14-31)12-19(13-16)32-2)34(21-9-5-18(27)6-10-21)22(35)33(23)20-7-3-17(26)4-8-20/h3-13,36H,1H3. The van der Waals surface area contributed by atoms with E-state index in [1.54, 1.807) is 6.07 Å². The van der Waals surface area contributed by atoms with Gasteiger partial charge < -0.3 is 5.11 Å². The Kier molecular flexibility index (Phi) is 6.14. The number of alkyl halides is 3. The van der Waals surface area contributed by atoms with Gasteiger partial charge in [0.1, 0.15) is 0 Å². The smallest absolute Gasteiger partial charge is 0.364 e. The van der Waals surface area contributed by atoms with Crippen molar-refractivity contribution >= 4 is 46.3 Å². The van der Waals surface area contributed by atoms with E-state index in [0.29, 0.717) is 16.7 Å². The fourth-order valence-electron chi connectivity index (χ4n) is 4.33. The first-order chi connectivity index (χ1) is 16.9. The van der Waals surface area contributed by atoms with E-state index in [1.807, 2.05) is 0 Å². The lowest BCUT2D eigenvalue weighted by Gasteiger charge is -2.45. The summed E-state index contributed by atoms with van der Waals surface area (Å²) in [5.74, 6) is 0. The summed E-state index contributed by atoms with van der Waals surface area (Å²) in [6, 6.07) is 14.2. The van der Waals surface area contributed by atoms with Crippen molar-refractivity contribution in [2.75, 3.05) is 9.80 Å². The van der Waals surface area contributed by atoms with Gasteiger partial charge in [-0.05, 0) is 79.2 Å². The Morgan fingerprint density at radius 3 is 1.92 bits per heavy atom. The zero-order valence-corrected chi connectivity index (χ0v) is 19.9. The van der Waals surface area contributed by atoms with Crippen molar-refractivity contribution in [2.45, 2.75) is 24.4 Å². The minimum Gasteiger partial charge on any atom is -0.364 e. The number of hydrogen-bond acceptors (Lipinski definition) is 3. The number of amides is 2. The van der Waals surface area contributed by atoms with Gasteiger partial charge in [-0.1, -0.05) is 23.2 Å². The zero-order valence-electron chi connectivity index (χ0n) is 18.4. The molecule has 0 radical (unpaired) electrons. The first-order valence-electron chi connectivity index (χ1n) is 10.3. The molecule has 1 N–H and O–H groups in total. The molecule has 1 heterocycles.